The molecule has 0 aromatic heterocycles. The standard InChI is InChI=1S/C30H26OSe/c1-22-17-19-23(20-18-22)27-21-28(27)29(32-26-15-9-4-10-16-26)30(31,24-11-5-2-6-12-24)25-13-7-3-8-14-25/h2-20,27,31H,21H2,1H3/b29-28+. The van der Waals surface area contributed by atoms with Crippen LogP contribution >= 0.6 is 0 Å². The zero-order valence-electron chi connectivity index (χ0n) is 18.1. The third-order valence-corrected chi connectivity index (χ3v) is 8.79. The molecule has 1 aliphatic carbocycles. The van der Waals surface area contributed by atoms with E-state index in [0.717, 1.165) is 17.5 Å². The van der Waals surface area contributed by atoms with Gasteiger partial charge in [-0.3, -0.25) is 0 Å². The van der Waals surface area contributed by atoms with Gasteiger partial charge in [0.25, 0.3) is 0 Å². The molecule has 32 heavy (non-hydrogen) atoms. The second-order valence-corrected chi connectivity index (χ2v) is 10.7. The van der Waals surface area contributed by atoms with Crippen molar-refractivity contribution in [2.45, 2.75) is 24.9 Å². The summed E-state index contributed by atoms with van der Waals surface area (Å²) in [6.07, 6.45) is 1.01. The minimum absolute atomic E-state index is 0.00350. The molecule has 1 unspecified atom stereocenters. The van der Waals surface area contributed by atoms with Crippen LogP contribution in [0.3, 0.4) is 0 Å². The normalized spacial score (nSPS) is 17.1. The number of rotatable bonds is 6. The Kier molecular flexibility index (Phi) is 5.85. The molecule has 0 saturated heterocycles. The Bertz CT molecular complexity index is 1170. The molecule has 4 aromatic carbocycles. The Hall–Kier alpha value is -2.90. The molecule has 1 N–H and O–H groups in total. The van der Waals surface area contributed by atoms with Gasteiger partial charge in [0, 0.05) is 0 Å². The molecular formula is C30H26OSe. The second-order valence-electron chi connectivity index (χ2n) is 8.38. The SMILES string of the molecule is Cc1ccc(C2C/C2=C(\[Se]c2ccccc2)C(O)(c2ccccc2)c2ccccc2)cc1. The average Bonchev–Trinajstić information content (AvgIpc) is 3.65. The predicted octanol–water partition coefficient (Wildman–Crippen LogP) is 5.70. The van der Waals surface area contributed by atoms with Crippen LogP contribution in [0.15, 0.2) is 125 Å². The van der Waals surface area contributed by atoms with E-state index in [1.54, 1.807) is 0 Å². The van der Waals surface area contributed by atoms with Gasteiger partial charge in [-0.25, -0.2) is 0 Å². The molecule has 5 rings (SSSR count). The van der Waals surface area contributed by atoms with Crippen LogP contribution in [0.2, 0.25) is 0 Å². The van der Waals surface area contributed by atoms with E-state index < -0.39 is 5.60 Å². The van der Waals surface area contributed by atoms with E-state index in [1.165, 1.54) is 25.6 Å². The van der Waals surface area contributed by atoms with Gasteiger partial charge in [-0.2, -0.15) is 0 Å². The van der Waals surface area contributed by atoms with E-state index >= 15 is 0 Å². The fraction of sp³-hybridized carbons (Fsp3) is 0.133. The molecule has 0 radical (unpaired) electrons. The average molecular weight is 481 g/mol. The number of hydrogen-bond acceptors (Lipinski definition) is 1. The summed E-state index contributed by atoms with van der Waals surface area (Å²) < 4.78 is 2.45. The van der Waals surface area contributed by atoms with Gasteiger partial charge in [0.05, 0.1) is 0 Å². The van der Waals surface area contributed by atoms with Crippen molar-refractivity contribution in [3.8, 4) is 0 Å². The van der Waals surface area contributed by atoms with E-state index in [4.69, 9.17) is 0 Å². The maximum atomic E-state index is 12.6. The molecule has 1 saturated carbocycles. The van der Waals surface area contributed by atoms with Crippen LogP contribution in [0.5, 0.6) is 0 Å². The van der Waals surface area contributed by atoms with Crippen LogP contribution < -0.4 is 4.46 Å². The molecule has 0 spiro atoms. The molecule has 0 bridgehead atoms. The van der Waals surface area contributed by atoms with Crippen LogP contribution in [0.4, 0.5) is 0 Å². The number of allylic oxidation sites excluding steroid dienone is 1. The monoisotopic (exact) mass is 482 g/mol. The molecule has 0 heterocycles. The summed E-state index contributed by atoms with van der Waals surface area (Å²) in [6, 6.07) is 39.8. The van der Waals surface area contributed by atoms with Crippen LogP contribution in [0, 0.1) is 6.92 Å². The summed E-state index contributed by atoms with van der Waals surface area (Å²) >= 11 is -0.00350. The molecule has 4 aromatic rings. The van der Waals surface area contributed by atoms with Crippen LogP contribution in [0.1, 0.15) is 34.6 Å². The molecule has 1 nitrogen and oxygen atoms in total. The quantitative estimate of drug-likeness (QED) is 0.350. The van der Waals surface area contributed by atoms with Gasteiger partial charge in [-0.1, -0.05) is 0 Å². The summed E-state index contributed by atoms with van der Waals surface area (Å²) in [5.41, 5.74) is 4.72. The van der Waals surface area contributed by atoms with Gasteiger partial charge in [-0.05, 0) is 0 Å². The maximum absolute atomic E-state index is 12.6. The summed E-state index contributed by atoms with van der Waals surface area (Å²) in [5, 5.41) is 12.6. The number of aliphatic hydroxyl groups is 1. The summed E-state index contributed by atoms with van der Waals surface area (Å²) in [4.78, 5) is 0. The topological polar surface area (TPSA) is 20.2 Å². The molecule has 0 amide bonds. The fourth-order valence-electron chi connectivity index (χ4n) is 4.30. The molecule has 1 fully saturated rings. The van der Waals surface area contributed by atoms with Crippen molar-refractivity contribution in [1.29, 1.82) is 0 Å². The van der Waals surface area contributed by atoms with Crippen LogP contribution in [-0.2, 0) is 5.60 Å². The van der Waals surface area contributed by atoms with Gasteiger partial charge in [-0.15, -0.1) is 0 Å². The summed E-state index contributed by atoms with van der Waals surface area (Å²) in [7, 11) is 0. The molecular weight excluding hydrogens is 455 g/mol. The fourth-order valence-corrected chi connectivity index (χ4v) is 6.96. The number of aryl methyl sites for hydroxylation is 1. The van der Waals surface area contributed by atoms with Crippen molar-refractivity contribution in [2.24, 2.45) is 0 Å². The Balaban J connectivity index is 1.68. The van der Waals surface area contributed by atoms with E-state index in [0.29, 0.717) is 5.92 Å². The van der Waals surface area contributed by atoms with Crippen molar-refractivity contribution in [3.05, 3.63) is 148 Å². The van der Waals surface area contributed by atoms with Crippen molar-refractivity contribution in [3.63, 3.8) is 0 Å². The van der Waals surface area contributed by atoms with Gasteiger partial charge in [0.1, 0.15) is 0 Å². The zero-order chi connectivity index (χ0) is 22.0. The third-order valence-electron chi connectivity index (χ3n) is 6.13. The van der Waals surface area contributed by atoms with Crippen LogP contribution in [-0.4, -0.2) is 20.1 Å². The van der Waals surface area contributed by atoms with Gasteiger partial charge < -0.3 is 0 Å². The van der Waals surface area contributed by atoms with Crippen molar-refractivity contribution < 1.29 is 5.11 Å². The van der Waals surface area contributed by atoms with E-state index in [1.807, 2.05) is 36.4 Å². The molecule has 1 aliphatic rings. The number of hydrogen-bond donors (Lipinski definition) is 1. The van der Waals surface area contributed by atoms with E-state index in [-0.39, 0.29) is 15.0 Å². The first-order valence-corrected chi connectivity index (χ1v) is 12.7. The molecule has 1 atom stereocenters. The Morgan fingerprint density at radius 1 is 0.719 bits per heavy atom. The first-order chi connectivity index (χ1) is 15.7. The van der Waals surface area contributed by atoms with Gasteiger partial charge in [0.2, 0.25) is 0 Å². The molecule has 0 aliphatic heterocycles. The van der Waals surface area contributed by atoms with E-state index in [9.17, 15) is 5.11 Å². The van der Waals surface area contributed by atoms with Crippen LogP contribution in [0.25, 0.3) is 0 Å². The molecule has 2 heteroatoms. The first kappa shape index (κ1) is 21.0. The Labute approximate surface area is 196 Å². The Morgan fingerprint density at radius 3 is 1.75 bits per heavy atom. The van der Waals surface area contributed by atoms with Gasteiger partial charge in [0.15, 0.2) is 0 Å². The second kappa shape index (κ2) is 8.92. The minimum atomic E-state index is -1.15. The third kappa shape index (κ3) is 4.10. The molecule has 158 valence electrons. The van der Waals surface area contributed by atoms with Crippen molar-refractivity contribution >= 4 is 19.4 Å². The predicted molar refractivity (Wildman–Crippen MR) is 133 cm³/mol. The van der Waals surface area contributed by atoms with Gasteiger partial charge >= 0.3 is 197 Å². The zero-order valence-corrected chi connectivity index (χ0v) is 19.8. The van der Waals surface area contributed by atoms with Crippen molar-refractivity contribution in [2.75, 3.05) is 0 Å². The first-order valence-electron chi connectivity index (χ1n) is 11.0. The van der Waals surface area contributed by atoms with E-state index in [2.05, 4.69) is 85.8 Å². The number of benzene rings is 4. The summed E-state index contributed by atoms with van der Waals surface area (Å²) in [5.74, 6) is 0.384. The summed E-state index contributed by atoms with van der Waals surface area (Å²) in [6.45, 7) is 2.13. The Morgan fingerprint density at radius 2 is 1.22 bits per heavy atom. The van der Waals surface area contributed by atoms with Crippen molar-refractivity contribution in [1.82, 2.24) is 0 Å².